The van der Waals surface area contributed by atoms with Gasteiger partial charge in [0.15, 0.2) is 5.78 Å². The second-order valence-electron chi connectivity index (χ2n) is 11.1. The lowest BCUT2D eigenvalue weighted by Crippen LogP contribution is -2.46. The number of likely N-dealkylation sites (tertiary alicyclic amines) is 1. The number of carbonyl (C=O) groups is 3. The Morgan fingerprint density at radius 1 is 0.846 bits per heavy atom. The van der Waals surface area contributed by atoms with Crippen LogP contribution < -0.4 is 5.73 Å². The Balaban J connectivity index is 1.75. The highest BCUT2D eigenvalue weighted by Gasteiger charge is 2.57. The second kappa shape index (κ2) is 10.5. The molecule has 1 saturated heterocycles. The van der Waals surface area contributed by atoms with Crippen LogP contribution in [0.5, 0.6) is 0 Å². The Morgan fingerprint density at radius 3 is 2.08 bits per heavy atom. The normalized spacial score (nSPS) is 21.2. The highest BCUT2D eigenvalue weighted by molar-refractivity contribution is 7.12. The van der Waals surface area contributed by atoms with Crippen LogP contribution in [0.1, 0.15) is 74.3 Å². The zero-order chi connectivity index (χ0) is 27.9. The van der Waals surface area contributed by atoms with Crippen molar-refractivity contribution in [2.45, 2.75) is 51.1 Å². The first kappa shape index (κ1) is 27.0. The van der Waals surface area contributed by atoms with Crippen molar-refractivity contribution in [3.05, 3.63) is 116 Å². The fraction of sp³-hybridized carbons (Fsp3) is 0.281. The van der Waals surface area contributed by atoms with Crippen LogP contribution in [-0.2, 0) is 10.2 Å². The zero-order valence-corrected chi connectivity index (χ0v) is 24.1. The first-order valence-corrected chi connectivity index (χ1v) is 14.7. The summed E-state index contributed by atoms with van der Waals surface area (Å²) in [5.74, 6) is -2.31. The molecule has 5 rings (SSSR count). The predicted molar refractivity (Wildman–Crippen MR) is 157 cm³/mol. The largest absolute Gasteiger partial charge is 0.368 e. The van der Waals surface area contributed by atoms with E-state index in [1.165, 1.54) is 22.7 Å². The van der Waals surface area contributed by atoms with Gasteiger partial charge in [0.1, 0.15) is 6.04 Å². The number of ketones is 1. The molecule has 1 aliphatic rings. The van der Waals surface area contributed by atoms with Crippen LogP contribution >= 0.6 is 22.7 Å². The molecule has 0 aliphatic carbocycles. The summed E-state index contributed by atoms with van der Waals surface area (Å²) in [6, 6.07) is 21.0. The molecule has 0 saturated carbocycles. The van der Waals surface area contributed by atoms with E-state index >= 15 is 0 Å². The van der Waals surface area contributed by atoms with E-state index in [0.29, 0.717) is 10.4 Å². The summed E-state index contributed by atoms with van der Waals surface area (Å²) in [5.41, 5.74) is 9.46. The van der Waals surface area contributed by atoms with Gasteiger partial charge in [0, 0.05) is 16.4 Å². The SMILES string of the molecule is Cc1ccsc1C1C(C(=O)c2cccs2)C(c2ccc(C(C)(C)C)cc2)C(C(N)=O)N1C(=O)c1ccccc1. The van der Waals surface area contributed by atoms with Gasteiger partial charge >= 0.3 is 0 Å². The van der Waals surface area contributed by atoms with Gasteiger partial charge in [-0.2, -0.15) is 0 Å². The Bertz CT molecular complexity index is 1480. The number of rotatable bonds is 6. The van der Waals surface area contributed by atoms with E-state index in [2.05, 4.69) is 20.8 Å². The van der Waals surface area contributed by atoms with Gasteiger partial charge in [-0.25, -0.2) is 0 Å². The third kappa shape index (κ3) is 4.97. The highest BCUT2D eigenvalue weighted by Crippen LogP contribution is 2.53. The van der Waals surface area contributed by atoms with E-state index < -0.39 is 29.8 Å². The molecule has 0 bridgehead atoms. The number of thiophene rings is 2. The first-order chi connectivity index (χ1) is 18.6. The summed E-state index contributed by atoms with van der Waals surface area (Å²) >= 11 is 2.88. The first-order valence-electron chi connectivity index (χ1n) is 13.0. The van der Waals surface area contributed by atoms with E-state index in [-0.39, 0.29) is 17.1 Å². The molecule has 2 N–H and O–H groups in total. The number of carbonyl (C=O) groups excluding carboxylic acids is 3. The smallest absolute Gasteiger partial charge is 0.255 e. The molecule has 2 amide bonds. The molecule has 4 aromatic rings. The summed E-state index contributed by atoms with van der Waals surface area (Å²) in [6.07, 6.45) is 0. The third-order valence-electron chi connectivity index (χ3n) is 7.61. The highest BCUT2D eigenvalue weighted by atomic mass is 32.1. The van der Waals surface area contributed by atoms with E-state index in [1.54, 1.807) is 29.2 Å². The number of nitrogens with two attached hydrogens (primary N) is 1. The summed E-state index contributed by atoms with van der Waals surface area (Å²) < 4.78 is 0. The molecule has 4 unspecified atom stereocenters. The van der Waals surface area contributed by atoms with Gasteiger partial charge < -0.3 is 10.6 Å². The van der Waals surface area contributed by atoms with Crippen molar-refractivity contribution in [1.82, 2.24) is 4.90 Å². The van der Waals surface area contributed by atoms with Crippen LogP contribution in [0.25, 0.3) is 0 Å². The maximum absolute atomic E-state index is 14.3. The Hall–Kier alpha value is -3.55. The van der Waals surface area contributed by atoms with Gasteiger partial charge in [0.25, 0.3) is 5.91 Å². The molecule has 2 aromatic carbocycles. The number of Topliss-reactive ketones (excluding diaryl/α,β-unsaturated/α-hetero) is 1. The molecule has 5 nitrogen and oxygen atoms in total. The number of hydrogen-bond acceptors (Lipinski definition) is 5. The lowest BCUT2D eigenvalue weighted by atomic mass is 9.77. The summed E-state index contributed by atoms with van der Waals surface area (Å²) in [5, 5.41) is 3.84. The van der Waals surface area contributed by atoms with Crippen molar-refractivity contribution in [2.75, 3.05) is 0 Å². The van der Waals surface area contributed by atoms with Crippen LogP contribution in [-0.4, -0.2) is 28.5 Å². The van der Waals surface area contributed by atoms with Crippen molar-refractivity contribution in [3.8, 4) is 0 Å². The molecule has 0 radical (unpaired) electrons. The summed E-state index contributed by atoms with van der Waals surface area (Å²) in [6.45, 7) is 8.41. The van der Waals surface area contributed by atoms with Gasteiger partial charge in [-0.15, -0.1) is 22.7 Å². The quantitative estimate of drug-likeness (QED) is 0.267. The van der Waals surface area contributed by atoms with Gasteiger partial charge in [-0.05, 0) is 64.1 Å². The van der Waals surface area contributed by atoms with Gasteiger partial charge in [-0.1, -0.05) is 69.3 Å². The average molecular weight is 557 g/mol. The monoisotopic (exact) mass is 556 g/mol. The molecule has 200 valence electrons. The van der Waals surface area contributed by atoms with E-state index in [4.69, 9.17) is 5.73 Å². The Morgan fingerprint density at radius 2 is 1.54 bits per heavy atom. The maximum Gasteiger partial charge on any atom is 0.255 e. The lowest BCUT2D eigenvalue weighted by Gasteiger charge is -2.30. The number of nitrogens with zero attached hydrogens (tertiary/aromatic N) is 1. The molecular formula is C32H32N2O3S2. The Kier molecular flexibility index (Phi) is 7.31. The fourth-order valence-corrected chi connectivity index (χ4v) is 7.46. The Labute approximate surface area is 237 Å². The van der Waals surface area contributed by atoms with Crippen molar-refractivity contribution in [1.29, 1.82) is 0 Å². The van der Waals surface area contributed by atoms with Crippen molar-refractivity contribution in [2.24, 2.45) is 11.7 Å². The third-order valence-corrected chi connectivity index (χ3v) is 9.59. The van der Waals surface area contributed by atoms with Crippen LogP contribution in [0.2, 0.25) is 0 Å². The molecule has 39 heavy (non-hydrogen) atoms. The van der Waals surface area contributed by atoms with Gasteiger partial charge in [0.2, 0.25) is 5.91 Å². The van der Waals surface area contributed by atoms with Gasteiger partial charge in [0.05, 0.1) is 16.8 Å². The van der Waals surface area contributed by atoms with E-state index in [9.17, 15) is 14.4 Å². The van der Waals surface area contributed by atoms with Crippen molar-refractivity contribution >= 4 is 40.3 Å². The topological polar surface area (TPSA) is 80.5 Å². The van der Waals surface area contributed by atoms with Crippen molar-refractivity contribution in [3.63, 3.8) is 0 Å². The van der Waals surface area contributed by atoms with E-state index in [1.807, 2.05) is 66.2 Å². The van der Waals surface area contributed by atoms with E-state index in [0.717, 1.165) is 21.6 Å². The average Bonchev–Trinajstić information content (AvgIpc) is 3.66. The molecule has 0 spiro atoms. The molecule has 1 fully saturated rings. The van der Waals surface area contributed by atoms with Crippen LogP contribution in [0, 0.1) is 12.8 Å². The molecule has 3 heterocycles. The number of primary amides is 1. The second-order valence-corrected chi connectivity index (χ2v) is 13.0. The van der Waals surface area contributed by atoms with Crippen molar-refractivity contribution < 1.29 is 14.4 Å². The molecule has 2 aromatic heterocycles. The minimum absolute atomic E-state index is 0.0601. The number of amides is 2. The minimum Gasteiger partial charge on any atom is -0.368 e. The van der Waals surface area contributed by atoms with Gasteiger partial charge in [-0.3, -0.25) is 14.4 Å². The number of hydrogen-bond donors (Lipinski definition) is 1. The van der Waals surface area contributed by atoms with Crippen LogP contribution in [0.4, 0.5) is 0 Å². The zero-order valence-electron chi connectivity index (χ0n) is 22.5. The summed E-state index contributed by atoms with van der Waals surface area (Å²) in [7, 11) is 0. The summed E-state index contributed by atoms with van der Waals surface area (Å²) in [4.78, 5) is 45.0. The fourth-order valence-electron chi connectivity index (χ4n) is 5.67. The molecule has 1 aliphatic heterocycles. The molecule has 7 heteroatoms. The maximum atomic E-state index is 14.3. The van der Waals surface area contributed by atoms with Crippen LogP contribution in [0.15, 0.2) is 83.6 Å². The standard InChI is InChI=1S/C32H32N2O3S2/c1-19-16-18-39-29(19)26-25(28(35)23-11-8-17-38-23)24(20-12-14-22(15-13-20)32(2,3)4)27(30(33)36)34(26)31(37)21-9-6-5-7-10-21/h5-18,24-27H,1-4H3,(H2,33,36). The lowest BCUT2D eigenvalue weighted by molar-refractivity contribution is -0.122. The number of aryl methyl sites for hydroxylation is 1. The molecule has 4 atom stereocenters. The minimum atomic E-state index is -1.00. The molecular weight excluding hydrogens is 524 g/mol. The predicted octanol–water partition coefficient (Wildman–Crippen LogP) is 6.75. The number of benzene rings is 2. The van der Waals surface area contributed by atoms with Crippen LogP contribution in [0.3, 0.4) is 0 Å².